The molecule has 0 aliphatic heterocycles. The van der Waals surface area contributed by atoms with Gasteiger partial charge in [0.05, 0.1) is 10.2 Å². The van der Waals surface area contributed by atoms with Gasteiger partial charge in [-0.3, -0.25) is 9.48 Å². The number of para-hydroxylation sites is 1. The summed E-state index contributed by atoms with van der Waals surface area (Å²) in [6.07, 6.45) is -2.94. The Morgan fingerprint density at radius 2 is 1.96 bits per heavy atom. The molecule has 1 saturated carbocycles. The van der Waals surface area contributed by atoms with E-state index in [-0.39, 0.29) is 16.9 Å². The van der Waals surface area contributed by atoms with Crippen LogP contribution in [0.25, 0.3) is 0 Å². The fraction of sp³-hybridized carbons (Fsp3) is 0.333. The lowest BCUT2D eigenvalue weighted by atomic mass is 10.2. The maximum absolute atomic E-state index is 13.0. The van der Waals surface area contributed by atoms with Crippen LogP contribution in [0, 0.1) is 0 Å². The second kappa shape index (κ2) is 5.99. The number of carbonyl (C=O) groups excluding carboxylic acids is 1. The lowest BCUT2D eigenvalue weighted by Gasteiger charge is -2.08. The molecule has 1 N–H and O–H groups in total. The third-order valence-electron chi connectivity index (χ3n) is 3.52. The van der Waals surface area contributed by atoms with Crippen molar-refractivity contribution >= 4 is 27.5 Å². The fourth-order valence-corrected chi connectivity index (χ4v) is 3.19. The van der Waals surface area contributed by atoms with Crippen molar-refractivity contribution in [3.05, 3.63) is 46.2 Å². The maximum atomic E-state index is 13.0. The van der Waals surface area contributed by atoms with E-state index in [2.05, 4.69) is 26.3 Å². The highest BCUT2D eigenvalue weighted by Gasteiger charge is 2.41. The van der Waals surface area contributed by atoms with Gasteiger partial charge in [-0.15, -0.1) is 0 Å². The summed E-state index contributed by atoms with van der Waals surface area (Å²) in [6, 6.07) is 8.75. The van der Waals surface area contributed by atoms with Gasteiger partial charge in [-0.2, -0.15) is 18.3 Å². The lowest BCUT2D eigenvalue weighted by Crippen LogP contribution is -2.21. The van der Waals surface area contributed by atoms with Gasteiger partial charge in [-0.05, 0) is 40.9 Å². The van der Waals surface area contributed by atoms with Crippen molar-refractivity contribution in [1.29, 1.82) is 0 Å². The first kappa shape index (κ1) is 16.0. The average molecular weight is 388 g/mol. The molecule has 4 nitrogen and oxygen atoms in total. The van der Waals surface area contributed by atoms with E-state index in [0.29, 0.717) is 11.4 Å². The van der Waals surface area contributed by atoms with Gasteiger partial charge in [0.25, 0.3) is 0 Å². The molecular weight excluding hydrogens is 375 g/mol. The molecule has 1 fully saturated rings. The second-order valence-corrected chi connectivity index (χ2v) is 6.18. The standard InChI is InChI=1S/C15H13BrF3N3O/c16-12-13(9-6-7-9)22(21-14(12)15(17,18)19)8-11(23)20-10-4-2-1-3-5-10/h1-5,9H,6-8H2,(H,20,23). The number of nitrogens with zero attached hydrogens (tertiary/aromatic N) is 2. The Bertz CT molecular complexity index is 724. The molecule has 1 aromatic carbocycles. The van der Waals surface area contributed by atoms with E-state index >= 15 is 0 Å². The normalized spacial score (nSPS) is 14.8. The zero-order valence-corrected chi connectivity index (χ0v) is 13.5. The van der Waals surface area contributed by atoms with Crippen LogP contribution in [0.1, 0.15) is 30.1 Å². The average Bonchev–Trinajstić information content (AvgIpc) is 3.24. The van der Waals surface area contributed by atoms with Crippen LogP contribution in [0.15, 0.2) is 34.8 Å². The minimum Gasteiger partial charge on any atom is -0.324 e. The van der Waals surface area contributed by atoms with Gasteiger partial charge in [0.15, 0.2) is 5.69 Å². The molecule has 0 saturated heterocycles. The quantitative estimate of drug-likeness (QED) is 0.855. The smallest absolute Gasteiger partial charge is 0.324 e. The van der Waals surface area contributed by atoms with Crippen molar-refractivity contribution in [2.24, 2.45) is 0 Å². The zero-order valence-electron chi connectivity index (χ0n) is 11.9. The van der Waals surface area contributed by atoms with Gasteiger partial charge in [0.2, 0.25) is 5.91 Å². The molecule has 0 spiro atoms. The van der Waals surface area contributed by atoms with Gasteiger partial charge >= 0.3 is 6.18 Å². The number of anilines is 1. The Kier molecular flexibility index (Phi) is 4.18. The third-order valence-corrected chi connectivity index (χ3v) is 4.30. The topological polar surface area (TPSA) is 46.9 Å². The first-order valence-corrected chi connectivity index (χ1v) is 7.84. The van der Waals surface area contributed by atoms with Crippen molar-refractivity contribution in [3.63, 3.8) is 0 Å². The Morgan fingerprint density at radius 1 is 1.30 bits per heavy atom. The Hall–Kier alpha value is -1.83. The largest absolute Gasteiger partial charge is 0.436 e. The maximum Gasteiger partial charge on any atom is 0.436 e. The molecule has 1 aromatic heterocycles. The van der Waals surface area contributed by atoms with Crippen molar-refractivity contribution in [2.75, 3.05) is 5.32 Å². The summed E-state index contributed by atoms with van der Waals surface area (Å²) in [6.45, 7) is -0.255. The van der Waals surface area contributed by atoms with Crippen molar-refractivity contribution in [3.8, 4) is 0 Å². The molecule has 3 rings (SSSR count). The van der Waals surface area contributed by atoms with Crippen LogP contribution in [-0.2, 0) is 17.5 Å². The van der Waals surface area contributed by atoms with Crippen LogP contribution in [0.4, 0.5) is 18.9 Å². The van der Waals surface area contributed by atoms with E-state index in [4.69, 9.17) is 0 Å². The van der Waals surface area contributed by atoms with E-state index in [9.17, 15) is 18.0 Å². The van der Waals surface area contributed by atoms with Crippen LogP contribution in [0.2, 0.25) is 0 Å². The molecular formula is C15H13BrF3N3O. The molecule has 2 aromatic rings. The molecule has 1 aliphatic carbocycles. The zero-order chi connectivity index (χ0) is 16.6. The van der Waals surface area contributed by atoms with Gasteiger partial charge in [0.1, 0.15) is 6.54 Å². The first-order valence-electron chi connectivity index (χ1n) is 7.04. The summed E-state index contributed by atoms with van der Waals surface area (Å²) < 4.78 is 40.1. The third kappa shape index (κ3) is 3.57. The van der Waals surface area contributed by atoms with Gasteiger partial charge < -0.3 is 5.32 Å². The Labute approximate surface area is 138 Å². The van der Waals surface area contributed by atoms with Gasteiger partial charge in [-0.25, -0.2) is 0 Å². The summed E-state index contributed by atoms with van der Waals surface area (Å²) in [5, 5.41) is 6.26. The number of benzene rings is 1. The monoisotopic (exact) mass is 387 g/mol. The number of hydrogen-bond acceptors (Lipinski definition) is 2. The molecule has 0 unspecified atom stereocenters. The number of aromatic nitrogens is 2. The predicted molar refractivity (Wildman–Crippen MR) is 82.0 cm³/mol. The van der Waals surface area contributed by atoms with Crippen LogP contribution in [0.5, 0.6) is 0 Å². The summed E-state index contributed by atoms with van der Waals surface area (Å²) in [7, 11) is 0. The highest BCUT2D eigenvalue weighted by Crippen LogP contribution is 2.46. The Balaban J connectivity index is 1.83. The van der Waals surface area contributed by atoms with Gasteiger partial charge in [-0.1, -0.05) is 18.2 Å². The van der Waals surface area contributed by atoms with Crippen LogP contribution < -0.4 is 5.32 Å². The Morgan fingerprint density at radius 3 is 2.52 bits per heavy atom. The van der Waals surface area contributed by atoms with E-state index in [1.165, 1.54) is 0 Å². The van der Waals surface area contributed by atoms with Crippen LogP contribution in [0.3, 0.4) is 0 Å². The van der Waals surface area contributed by atoms with E-state index < -0.39 is 17.8 Å². The van der Waals surface area contributed by atoms with Gasteiger partial charge in [0, 0.05) is 11.6 Å². The SMILES string of the molecule is O=C(Cn1nc(C(F)(F)F)c(Br)c1C1CC1)Nc1ccccc1. The number of amides is 1. The number of rotatable bonds is 4. The molecule has 8 heteroatoms. The first-order chi connectivity index (χ1) is 10.9. The second-order valence-electron chi connectivity index (χ2n) is 5.39. The van der Waals surface area contributed by atoms with E-state index in [1.807, 2.05) is 0 Å². The summed E-state index contributed by atoms with van der Waals surface area (Å²) >= 11 is 3.00. The highest BCUT2D eigenvalue weighted by atomic mass is 79.9. The number of halogens is 4. The minimum absolute atomic E-state index is 0.0255. The number of nitrogens with one attached hydrogen (secondary N) is 1. The minimum atomic E-state index is -4.55. The fourth-order valence-electron chi connectivity index (χ4n) is 2.36. The summed E-state index contributed by atoms with van der Waals surface area (Å²) in [4.78, 5) is 12.1. The number of carbonyl (C=O) groups is 1. The molecule has 23 heavy (non-hydrogen) atoms. The lowest BCUT2D eigenvalue weighted by molar-refractivity contribution is -0.142. The number of hydrogen-bond donors (Lipinski definition) is 1. The molecule has 1 heterocycles. The molecule has 0 radical (unpaired) electrons. The van der Waals surface area contributed by atoms with E-state index in [1.54, 1.807) is 30.3 Å². The summed E-state index contributed by atoms with van der Waals surface area (Å²) in [5.74, 6) is -0.390. The number of alkyl halides is 3. The van der Waals surface area contributed by atoms with E-state index in [0.717, 1.165) is 17.5 Å². The molecule has 0 bridgehead atoms. The molecule has 1 aliphatic rings. The van der Waals surface area contributed by atoms with Crippen molar-refractivity contribution in [2.45, 2.75) is 31.5 Å². The van der Waals surface area contributed by atoms with Crippen molar-refractivity contribution < 1.29 is 18.0 Å². The molecule has 1 amide bonds. The highest BCUT2D eigenvalue weighted by molar-refractivity contribution is 9.10. The predicted octanol–water partition coefficient (Wildman–Crippen LogP) is 4.18. The van der Waals surface area contributed by atoms with Crippen LogP contribution in [-0.4, -0.2) is 15.7 Å². The van der Waals surface area contributed by atoms with Crippen molar-refractivity contribution in [1.82, 2.24) is 9.78 Å². The van der Waals surface area contributed by atoms with Crippen LogP contribution >= 0.6 is 15.9 Å². The molecule has 0 atom stereocenters. The molecule has 122 valence electrons. The summed E-state index contributed by atoms with van der Waals surface area (Å²) in [5.41, 5.74) is 0.0557.